The van der Waals surface area contributed by atoms with Gasteiger partial charge >= 0.3 is 0 Å². The number of benzene rings is 1. The Morgan fingerprint density at radius 2 is 1.76 bits per heavy atom. The molecule has 4 heteroatoms. The molecule has 0 bridgehead atoms. The molecule has 1 aromatic rings. The lowest BCUT2D eigenvalue weighted by molar-refractivity contribution is 0.288. The number of aryl methyl sites for hydroxylation is 1. The quantitative estimate of drug-likeness (QED) is 0.811. The van der Waals surface area contributed by atoms with Gasteiger partial charge in [-0.1, -0.05) is 25.1 Å². The highest BCUT2D eigenvalue weighted by Crippen LogP contribution is 2.24. The molecule has 1 heterocycles. The molecule has 0 saturated carbocycles. The van der Waals surface area contributed by atoms with E-state index in [9.17, 15) is 8.42 Å². The number of hydrogen-bond acceptors (Lipinski definition) is 2. The first-order valence-corrected chi connectivity index (χ1v) is 7.51. The molecule has 0 atom stereocenters. The number of hydrogen-bond donors (Lipinski definition) is 0. The van der Waals surface area contributed by atoms with Crippen LogP contribution in [0, 0.1) is 12.8 Å². The van der Waals surface area contributed by atoms with Crippen molar-refractivity contribution >= 4 is 10.0 Å². The number of rotatable bonds is 2. The Morgan fingerprint density at radius 1 is 1.18 bits per heavy atom. The van der Waals surface area contributed by atoms with E-state index < -0.39 is 10.0 Å². The van der Waals surface area contributed by atoms with Crippen LogP contribution in [-0.4, -0.2) is 25.8 Å². The van der Waals surface area contributed by atoms with E-state index in [1.807, 2.05) is 19.1 Å². The van der Waals surface area contributed by atoms with E-state index in [1.54, 1.807) is 16.4 Å². The average Bonchev–Trinajstić information content (AvgIpc) is 2.30. The van der Waals surface area contributed by atoms with Crippen molar-refractivity contribution in [3.8, 4) is 0 Å². The van der Waals surface area contributed by atoms with Gasteiger partial charge in [0.15, 0.2) is 0 Å². The highest BCUT2D eigenvalue weighted by molar-refractivity contribution is 7.89. The maximum atomic E-state index is 12.4. The smallest absolute Gasteiger partial charge is 0.207 e. The van der Waals surface area contributed by atoms with E-state index in [0.717, 1.165) is 18.4 Å². The highest BCUT2D eigenvalue weighted by atomic mass is 32.2. The van der Waals surface area contributed by atoms with Crippen LogP contribution < -0.4 is 0 Å². The molecule has 0 N–H and O–H groups in total. The summed E-state index contributed by atoms with van der Waals surface area (Å²) in [6.45, 7) is 5.33. The van der Waals surface area contributed by atoms with Crippen molar-refractivity contribution in [2.75, 3.05) is 13.1 Å². The molecule has 17 heavy (non-hydrogen) atoms. The second-order valence-corrected chi connectivity index (χ2v) is 6.76. The van der Waals surface area contributed by atoms with Crippen LogP contribution in [0.4, 0.5) is 0 Å². The van der Waals surface area contributed by atoms with Gasteiger partial charge in [-0.3, -0.25) is 0 Å². The Morgan fingerprint density at radius 3 is 2.35 bits per heavy atom. The van der Waals surface area contributed by atoms with Crippen molar-refractivity contribution in [2.24, 2.45) is 5.92 Å². The first-order chi connectivity index (χ1) is 8.01. The molecule has 1 aliphatic rings. The van der Waals surface area contributed by atoms with Gasteiger partial charge in [-0.25, -0.2) is 8.42 Å². The third kappa shape index (κ3) is 2.53. The van der Waals surface area contributed by atoms with Crippen LogP contribution in [0.1, 0.15) is 25.3 Å². The third-order valence-corrected chi connectivity index (χ3v) is 5.51. The number of piperidine rings is 1. The molecule has 2 rings (SSSR count). The summed E-state index contributed by atoms with van der Waals surface area (Å²) >= 11 is 0. The molecule has 94 valence electrons. The van der Waals surface area contributed by atoms with E-state index in [-0.39, 0.29) is 0 Å². The Labute approximate surface area is 104 Å². The second kappa shape index (κ2) is 4.78. The zero-order chi connectivity index (χ0) is 12.5. The lowest BCUT2D eigenvalue weighted by atomic mass is 10.0. The van der Waals surface area contributed by atoms with E-state index in [2.05, 4.69) is 6.92 Å². The van der Waals surface area contributed by atoms with Crippen molar-refractivity contribution in [3.63, 3.8) is 0 Å². The summed E-state index contributed by atoms with van der Waals surface area (Å²) in [6, 6.07) is 7.20. The topological polar surface area (TPSA) is 37.4 Å². The van der Waals surface area contributed by atoms with Crippen LogP contribution in [0.25, 0.3) is 0 Å². The van der Waals surface area contributed by atoms with E-state index in [4.69, 9.17) is 0 Å². The fourth-order valence-corrected chi connectivity index (χ4v) is 3.91. The lowest BCUT2D eigenvalue weighted by Gasteiger charge is -2.29. The summed E-state index contributed by atoms with van der Waals surface area (Å²) < 4.78 is 26.5. The van der Waals surface area contributed by atoms with Crippen molar-refractivity contribution in [1.82, 2.24) is 4.31 Å². The Balaban J connectivity index is 2.28. The predicted octanol–water partition coefficient (Wildman–Crippen LogP) is 2.42. The fraction of sp³-hybridized carbons (Fsp3) is 0.538. The Hall–Kier alpha value is -0.870. The van der Waals surface area contributed by atoms with Gasteiger partial charge in [0.25, 0.3) is 0 Å². The predicted molar refractivity (Wildman–Crippen MR) is 68.3 cm³/mol. The first kappa shape index (κ1) is 12.6. The highest BCUT2D eigenvalue weighted by Gasteiger charge is 2.28. The van der Waals surface area contributed by atoms with Crippen LogP contribution in [0.15, 0.2) is 29.2 Å². The van der Waals surface area contributed by atoms with Gasteiger partial charge < -0.3 is 0 Å². The molecule has 0 spiro atoms. The molecule has 1 fully saturated rings. The lowest BCUT2D eigenvalue weighted by Crippen LogP contribution is -2.38. The molecular weight excluding hydrogens is 234 g/mol. The van der Waals surface area contributed by atoms with Gasteiger partial charge in [0.2, 0.25) is 10.0 Å². The Kier molecular flexibility index (Phi) is 3.54. The standard InChI is InChI=1S/C13H19NO2S/c1-11-7-9-14(10-8-11)17(15,16)13-6-4-3-5-12(13)2/h3-6,11H,7-10H2,1-2H3. The van der Waals surface area contributed by atoms with Crippen molar-refractivity contribution < 1.29 is 8.42 Å². The monoisotopic (exact) mass is 253 g/mol. The molecule has 1 aromatic carbocycles. The minimum atomic E-state index is -3.28. The first-order valence-electron chi connectivity index (χ1n) is 6.07. The maximum Gasteiger partial charge on any atom is 0.243 e. The summed E-state index contributed by atoms with van der Waals surface area (Å²) in [5.74, 6) is 0.637. The minimum Gasteiger partial charge on any atom is -0.207 e. The summed E-state index contributed by atoms with van der Waals surface area (Å²) in [5.41, 5.74) is 0.825. The normalized spacial score (nSPS) is 19.4. The van der Waals surface area contributed by atoms with E-state index in [1.165, 1.54) is 0 Å². The Bertz CT molecular complexity index is 488. The van der Waals surface area contributed by atoms with Crippen LogP contribution >= 0.6 is 0 Å². The summed E-state index contributed by atoms with van der Waals surface area (Å²) in [7, 11) is -3.28. The molecule has 3 nitrogen and oxygen atoms in total. The molecule has 0 amide bonds. The van der Waals surface area contributed by atoms with Crippen molar-refractivity contribution in [1.29, 1.82) is 0 Å². The SMILES string of the molecule is Cc1ccccc1S(=O)(=O)N1CCC(C)CC1. The second-order valence-electron chi connectivity index (χ2n) is 4.85. The van der Waals surface area contributed by atoms with Crippen LogP contribution in [0.3, 0.4) is 0 Å². The number of sulfonamides is 1. The van der Waals surface area contributed by atoms with Crippen molar-refractivity contribution in [2.45, 2.75) is 31.6 Å². The summed E-state index contributed by atoms with van der Waals surface area (Å²) in [5, 5.41) is 0. The summed E-state index contributed by atoms with van der Waals surface area (Å²) in [6.07, 6.45) is 1.93. The zero-order valence-corrected chi connectivity index (χ0v) is 11.2. The van der Waals surface area contributed by atoms with Crippen LogP contribution in [-0.2, 0) is 10.0 Å². The fourth-order valence-electron chi connectivity index (χ4n) is 2.21. The van der Waals surface area contributed by atoms with Gasteiger partial charge in [0, 0.05) is 13.1 Å². The maximum absolute atomic E-state index is 12.4. The molecule has 1 aliphatic heterocycles. The molecule has 0 radical (unpaired) electrons. The van der Waals surface area contributed by atoms with Gasteiger partial charge in [-0.15, -0.1) is 0 Å². The van der Waals surface area contributed by atoms with Crippen molar-refractivity contribution in [3.05, 3.63) is 29.8 Å². The molecule has 1 saturated heterocycles. The van der Waals surface area contributed by atoms with Crippen LogP contribution in [0.5, 0.6) is 0 Å². The molecule has 0 unspecified atom stereocenters. The zero-order valence-electron chi connectivity index (χ0n) is 10.4. The van der Waals surface area contributed by atoms with Gasteiger partial charge in [0.05, 0.1) is 4.90 Å². The van der Waals surface area contributed by atoms with Gasteiger partial charge in [-0.2, -0.15) is 4.31 Å². The van der Waals surface area contributed by atoms with E-state index in [0.29, 0.717) is 23.9 Å². The van der Waals surface area contributed by atoms with Gasteiger partial charge in [-0.05, 0) is 37.3 Å². The van der Waals surface area contributed by atoms with Gasteiger partial charge in [0.1, 0.15) is 0 Å². The third-order valence-electron chi connectivity index (χ3n) is 3.45. The minimum absolute atomic E-state index is 0.453. The molecule has 0 aliphatic carbocycles. The van der Waals surface area contributed by atoms with Crippen LogP contribution in [0.2, 0.25) is 0 Å². The largest absolute Gasteiger partial charge is 0.243 e. The molecular formula is C13H19NO2S. The average molecular weight is 253 g/mol. The number of nitrogens with zero attached hydrogens (tertiary/aromatic N) is 1. The van der Waals surface area contributed by atoms with E-state index >= 15 is 0 Å². The summed E-state index contributed by atoms with van der Waals surface area (Å²) in [4.78, 5) is 0.453. The molecule has 0 aromatic heterocycles.